The maximum Gasteiger partial charge on any atom is 0.246 e. The molecule has 0 spiro atoms. The predicted octanol–water partition coefficient (Wildman–Crippen LogP) is 2.19. The first-order chi connectivity index (χ1) is 25.6. The van der Waals surface area contributed by atoms with E-state index < -0.39 is 59.3 Å². The van der Waals surface area contributed by atoms with E-state index in [1.165, 1.54) is 19.1 Å². The van der Waals surface area contributed by atoms with Crippen molar-refractivity contribution >= 4 is 35.2 Å². The Morgan fingerprint density at radius 3 is 2.07 bits per heavy atom. The van der Waals surface area contributed by atoms with Gasteiger partial charge in [-0.05, 0) is 128 Å². The van der Waals surface area contributed by atoms with Crippen molar-refractivity contribution in [2.45, 2.75) is 141 Å². The number of amides is 4. The average Bonchev–Trinajstić information content (AvgIpc) is 3.11. The molecule has 0 saturated heterocycles. The van der Waals surface area contributed by atoms with Crippen LogP contribution in [0.15, 0.2) is 36.4 Å². The van der Waals surface area contributed by atoms with Gasteiger partial charge in [-0.2, -0.15) is 0 Å². The molecule has 0 bridgehead atoms. The first-order valence-corrected chi connectivity index (χ1v) is 19.5. The lowest BCUT2D eigenvalue weighted by Gasteiger charge is -2.34. The smallest absolute Gasteiger partial charge is 0.246 e. The van der Waals surface area contributed by atoms with Gasteiger partial charge in [0.15, 0.2) is 5.78 Å². The monoisotopic (exact) mass is 755 g/mol. The minimum absolute atomic E-state index is 0.0499. The van der Waals surface area contributed by atoms with Crippen LogP contribution in [0.4, 0.5) is 0 Å². The Morgan fingerprint density at radius 2 is 1.50 bits per heavy atom. The summed E-state index contributed by atoms with van der Waals surface area (Å²) in [5.74, 6) is -2.97. The van der Waals surface area contributed by atoms with Crippen LogP contribution in [-0.4, -0.2) is 83.1 Å². The zero-order valence-corrected chi connectivity index (χ0v) is 32.7. The number of hydrogen-bond acceptors (Lipinski definition) is 10. The third-order valence-electron chi connectivity index (χ3n) is 9.85. The topological polar surface area (TPSA) is 249 Å². The number of unbranched alkanes of at least 4 members (excludes halogenated alkanes) is 2. The van der Waals surface area contributed by atoms with Crippen molar-refractivity contribution in [3.05, 3.63) is 42.0 Å². The molecule has 0 fully saturated rings. The lowest BCUT2D eigenvalue weighted by atomic mass is 9.86. The van der Waals surface area contributed by atoms with Crippen LogP contribution in [-0.2, 0) is 35.2 Å². The van der Waals surface area contributed by atoms with Crippen LogP contribution < -0.4 is 38.5 Å². The highest BCUT2D eigenvalue weighted by atomic mass is 16.3. The Bertz CT molecular complexity index is 1420. The molecule has 302 valence electrons. The number of rotatable bonds is 18. The van der Waals surface area contributed by atoms with Crippen molar-refractivity contribution in [3.63, 3.8) is 0 Å². The normalized spacial score (nSPS) is 22.8. The molecule has 4 amide bonds. The molecule has 0 aromatic heterocycles. The van der Waals surface area contributed by atoms with Gasteiger partial charge in [-0.15, -0.1) is 0 Å². The quantitative estimate of drug-likeness (QED) is 0.0801. The molecule has 2 rings (SSSR count). The highest BCUT2D eigenvalue weighted by Gasteiger charge is 2.39. The van der Waals surface area contributed by atoms with Gasteiger partial charge in [0.25, 0.3) is 0 Å². The Morgan fingerprint density at radius 1 is 0.907 bits per heavy atom. The van der Waals surface area contributed by atoms with E-state index in [1.54, 1.807) is 25.1 Å². The predicted molar refractivity (Wildman–Crippen MR) is 209 cm³/mol. The van der Waals surface area contributed by atoms with Gasteiger partial charge in [0.05, 0.1) is 12.1 Å². The van der Waals surface area contributed by atoms with Crippen molar-refractivity contribution < 1.29 is 33.9 Å². The van der Waals surface area contributed by atoms with Gasteiger partial charge in [-0.3, -0.25) is 28.8 Å². The lowest BCUT2D eigenvalue weighted by Crippen LogP contribution is -2.63. The number of phenols is 1. The van der Waals surface area contributed by atoms with E-state index in [-0.39, 0.29) is 61.8 Å². The summed E-state index contributed by atoms with van der Waals surface area (Å²) in [5, 5.41) is 21.2. The molecular formula is C40H65N7O7. The molecule has 1 aromatic carbocycles. The van der Waals surface area contributed by atoms with Crippen molar-refractivity contribution in [1.29, 1.82) is 0 Å². The number of benzene rings is 1. The number of Topliss-reactive ketones (excluding diaryl/α,β-unsaturated/α-hetero) is 2. The molecule has 1 heterocycles. The third-order valence-corrected chi connectivity index (χ3v) is 9.85. The molecule has 11 N–H and O–H groups in total. The van der Waals surface area contributed by atoms with E-state index in [2.05, 4.69) is 21.3 Å². The van der Waals surface area contributed by atoms with E-state index in [0.717, 1.165) is 0 Å². The minimum atomic E-state index is -1.52. The van der Waals surface area contributed by atoms with Crippen LogP contribution in [0, 0.1) is 11.8 Å². The van der Waals surface area contributed by atoms with Crippen LogP contribution >= 0.6 is 0 Å². The van der Waals surface area contributed by atoms with Crippen molar-refractivity contribution in [3.8, 4) is 5.75 Å². The first kappa shape index (κ1) is 46.0. The summed E-state index contributed by atoms with van der Waals surface area (Å²) in [5.41, 5.74) is 16.7. The molecule has 14 nitrogen and oxygen atoms in total. The molecule has 0 unspecified atom stereocenters. The maximum atomic E-state index is 14.4. The fraction of sp³-hybridized carbons (Fsp3) is 0.650. The number of nitrogens with one attached hydrogen (secondary N) is 4. The second kappa shape index (κ2) is 23.6. The average molecular weight is 756 g/mol. The number of aromatic hydroxyl groups is 1. The Labute approximate surface area is 320 Å². The van der Waals surface area contributed by atoms with Crippen molar-refractivity contribution in [2.24, 2.45) is 29.0 Å². The molecule has 0 saturated carbocycles. The molecule has 14 heteroatoms. The van der Waals surface area contributed by atoms with Crippen LogP contribution in [0.2, 0.25) is 0 Å². The number of ketones is 2. The van der Waals surface area contributed by atoms with Crippen LogP contribution in [0.1, 0.15) is 110 Å². The zero-order chi connectivity index (χ0) is 40.3. The summed E-state index contributed by atoms with van der Waals surface area (Å²) in [6, 6.07) is 2.34. The summed E-state index contributed by atoms with van der Waals surface area (Å²) < 4.78 is 0. The Kier molecular flexibility index (Phi) is 20.1. The highest BCUT2D eigenvalue weighted by molar-refractivity contribution is 5.98. The number of hydrogen-bond donors (Lipinski definition) is 8. The van der Waals surface area contributed by atoms with E-state index in [4.69, 9.17) is 17.2 Å². The van der Waals surface area contributed by atoms with Crippen molar-refractivity contribution in [2.75, 3.05) is 13.1 Å². The van der Waals surface area contributed by atoms with Gasteiger partial charge in [-0.1, -0.05) is 38.1 Å². The fourth-order valence-electron chi connectivity index (χ4n) is 6.49. The molecule has 0 radical (unpaired) electrons. The Balaban J connectivity index is 2.51. The second-order valence-corrected chi connectivity index (χ2v) is 15.2. The van der Waals surface area contributed by atoms with Crippen LogP contribution in [0.25, 0.3) is 0 Å². The highest BCUT2D eigenvalue weighted by Crippen LogP contribution is 2.22. The zero-order valence-electron chi connectivity index (χ0n) is 32.7. The molecule has 54 heavy (non-hydrogen) atoms. The summed E-state index contributed by atoms with van der Waals surface area (Å²) >= 11 is 0. The maximum absolute atomic E-state index is 14.4. The minimum Gasteiger partial charge on any atom is -0.508 e. The standard InChI is InChI=1S/C40H65N7O7/c1-26(2)23-29(27(3)48)25-35(50)34(24-28-16-18-30(49)19-17-28)46-39(54)40(4)20-10-6-5-7-13-31(43)36(51)44-32(14-8-11-21-41)37(52)45-33(38(53)47-40)15-9-12-22-42/h5,7,16-19,26,29,31-34,49H,6,8-15,20-25,41-43H2,1-4H3,(H,44,51)(H,45,52)(H,46,54)(H,47,53)/t29-,31+,32+,33+,34+,40-/m1/s1. The fourth-order valence-corrected chi connectivity index (χ4v) is 6.49. The molecular weight excluding hydrogens is 690 g/mol. The summed E-state index contributed by atoms with van der Waals surface area (Å²) in [6.45, 7) is 7.80. The molecule has 0 aliphatic carbocycles. The number of nitrogens with two attached hydrogens (primary N) is 3. The first-order valence-electron chi connectivity index (χ1n) is 19.5. The molecule has 1 aromatic rings. The molecule has 1 aliphatic rings. The number of phenolic OH excluding ortho intramolecular Hbond substituents is 1. The Hall–Kier alpha value is -4.14. The van der Waals surface area contributed by atoms with Crippen LogP contribution in [0.5, 0.6) is 5.75 Å². The second-order valence-electron chi connectivity index (χ2n) is 15.2. The summed E-state index contributed by atoms with van der Waals surface area (Å²) in [7, 11) is 0. The van der Waals surface area contributed by atoms with Crippen LogP contribution in [0.3, 0.4) is 0 Å². The number of carbonyl (C=O) groups excluding carboxylic acids is 6. The van der Waals surface area contributed by atoms with E-state index in [1.807, 2.05) is 19.9 Å². The SMILES string of the molecule is CC(=O)[C@@H](CC(=O)[C@H](Cc1ccc(O)cc1)NC(=O)[C@@]1(C)CCCC=CC[C@H](N)C(=O)N[C@@H](CCCCN)C(=O)N[C@@H](CCCCN)C(=O)N1)CC(C)C. The van der Waals surface area contributed by atoms with E-state index in [0.29, 0.717) is 63.6 Å². The number of allylic oxidation sites excluding steroid dienone is 1. The van der Waals surface area contributed by atoms with Gasteiger partial charge in [-0.25, -0.2) is 0 Å². The summed E-state index contributed by atoms with van der Waals surface area (Å²) in [4.78, 5) is 81.6. The van der Waals surface area contributed by atoms with Gasteiger partial charge in [0.2, 0.25) is 23.6 Å². The molecule has 1 aliphatic heterocycles. The third kappa shape index (κ3) is 16.1. The summed E-state index contributed by atoms with van der Waals surface area (Å²) in [6.07, 6.45) is 8.35. The van der Waals surface area contributed by atoms with Gasteiger partial charge >= 0.3 is 0 Å². The molecule has 6 atom stereocenters. The van der Waals surface area contributed by atoms with Gasteiger partial charge < -0.3 is 43.6 Å². The number of carbonyl (C=O) groups is 6. The van der Waals surface area contributed by atoms with E-state index in [9.17, 15) is 33.9 Å². The van der Waals surface area contributed by atoms with Crippen molar-refractivity contribution in [1.82, 2.24) is 21.3 Å². The van der Waals surface area contributed by atoms with E-state index >= 15 is 0 Å². The van der Waals surface area contributed by atoms with Gasteiger partial charge in [0, 0.05) is 12.3 Å². The lowest BCUT2D eigenvalue weighted by molar-refractivity contribution is -0.138. The largest absolute Gasteiger partial charge is 0.508 e. The van der Waals surface area contributed by atoms with Gasteiger partial charge in [0.1, 0.15) is 29.2 Å².